The molecule has 2 amide bonds. The number of hydrogen-bond donors (Lipinski definition) is 2. The van der Waals surface area contributed by atoms with Gasteiger partial charge in [-0.3, -0.25) is 19.6 Å². The Hall–Kier alpha value is -3.75. The standard InChI is InChI=1S/C24H23N7O2/c32-21-16-3-1-2-4-17(16)22(33)31(21)13-24-10-15(11-24)30(12-24)23-25-8-7-19(27-23)26-20-9-18(28-29-20)14-5-6-14/h1-4,7-9,14-15H,5-6,10-13H2,(H2,25,26,27,28,29). The maximum absolute atomic E-state index is 12.8. The second kappa shape index (κ2) is 6.63. The molecule has 5 aliphatic rings. The molecule has 3 aliphatic heterocycles. The molecule has 2 aromatic heterocycles. The molecule has 2 aliphatic carbocycles. The van der Waals surface area contributed by atoms with Crippen LogP contribution in [0.2, 0.25) is 0 Å². The zero-order chi connectivity index (χ0) is 22.2. The quantitative estimate of drug-likeness (QED) is 0.566. The van der Waals surface area contributed by atoms with Gasteiger partial charge in [0.1, 0.15) is 5.82 Å². The van der Waals surface area contributed by atoms with E-state index in [-0.39, 0.29) is 17.2 Å². The minimum atomic E-state index is -0.182. The van der Waals surface area contributed by atoms with E-state index < -0.39 is 0 Å². The molecular formula is C24H23N7O2. The lowest BCUT2D eigenvalue weighted by molar-refractivity contribution is 0.0519. The molecule has 1 aromatic carbocycles. The van der Waals surface area contributed by atoms with Crippen LogP contribution in [0.3, 0.4) is 0 Å². The van der Waals surface area contributed by atoms with Gasteiger partial charge in [0.25, 0.3) is 11.8 Å². The third-order valence-electron chi connectivity index (χ3n) is 7.43. The lowest BCUT2D eigenvalue weighted by atomic mass is 9.70. The van der Waals surface area contributed by atoms with E-state index in [4.69, 9.17) is 4.98 Å². The number of rotatable bonds is 6. The summed E-state index contributed by atoms with van der Waals surface area (Å²) in [6, 6.07) is 11.3. The van der Waals surface area contributed by atoms with Crippen LogP contribution in [-0.2, 0) is 0 Å². The van der Waals surface area contributed by atoms with E-state index in [9.17, 15) is 9.59 Å². The van der Waals surface area contributed by atoms with Gasteiger partial charge in [0, 0.05) is 48.4 Å². The van der Waals surface area contributed by atoms with Crippen molar-refractivity contribution < 1.29 is 9.59 Å². The number of imide groups is 1. The third kappa shape index (κ3) is 2.95. The van der Waals surface area contributed by atoms with Crippen LogP contribution in [0.4, 0.5) is 17.6 Å². The number of carbonyl (C=O) groups excluding carboxylic acids is 2. The molecule has 0 spiro atoms. The molecule has 3 aromatic rings. The van der Waals surface area contributed by atoms with Crippen molar-refractivity contribution in [2.75, 3.05) is 23.3 Å². The van der Waals surface area contributed by atoms with Gasteiger partial charge in [-0.2, -0.15) is 10.1 Å². The molecule has 4 fully saturated rings. The average Bonchev–Trinajstić information content (AvgIpc) is 3.18. The van der Waals surface area contributed by atoms with Crippen molar-refractivity contribution in [3.05, 3.63) is 59.4 Å². The lowest BCUT2D eigenvalue weighted by Crippen LogP contribution is -2.46. The van der Waals surface area contributed by atoms with Crippen molar-refractivity contribution in [2.45, 2.75) is 37.6 Å². The number of carbonyl (C=O) groups is 2. The van der Waals surface area contributed by atoms with Crippen molar-refractivity contribution in [3.63, 3.8) is 0 Å². The predicted molar refractivity (Wildman–Crippen MR) is 120 cm³/mol. The van der Waals surface area contributed by atoms with Crippen LogP contribution in [0.25, 0.3) is 0 Å². The van der Waals surface area contributed by atoms with Gasteiger partial charge in [-0.25, -0.2) is 4.98 Å². The van der Waals surface area contributed by atoms with Crippen LogP contribution >= 0.6 is 0 Å². The molecule has 8 rings (SSSR count). The molecule has 33 heavy (non-hydrogen) atoms. The van der Waals surface area contributed by atoms with Crippen LogP contribution in [0.5, 0.6) is 0 Å². The topological polar surface area (TPSA) is 107 Å². The molecule has 9 heteroatoms. The highest BCUT2D eigenvalue weighted by atomic mass is 16.2. The Morgan fingerprint density at radius 3 is 2.55 bits per heavy atom. The zero-order valence-electron chi connectivity index (χ0n) is 18.0. The molecule has 5 heterocycles. The van der Waals surface area contributed by atoms with Crippen molar-refractivity contribution >= 4 is 29.4 Å². The zero-order valence-corrected chi connectivity index (χ0v) is 18.0. The van der Waals surface area contributed by atoms with Gasteiger partial charge in [0.2, 0.25) is 5.95 Å². The summed E-state index contributed by atoms with van der Waals surface area (Å²) in [4.78, 5) is 38.5. The molecule has 2 saturated heterocycles. The predicted octanol–water partition coefficient (Wildman–Crippen LogP) is 3.09. The molecule has 166 valence electrons. The fourth-order valence-electron chi connectivity index (χ4n) is 5.60. The minimum absolute atomic E-state index is 0.0911. The van der Waals surface area contributed by atoms with Gasteiger partial charge < -0.3 is 10.2 Å². The van der Waals surface area contributed by atoms with E-state index in [1.54, 1.807) is 30.5 Å². The summed E-state index contributed by atoms with van der Waals surface area (Å²) >= 11 is 0. The van der Waals surface area contributed by atoms with Gasteiger partial charge in [-0.1, -0.05) is 12.1 Å². The largest absolute Gasteiger partial charge is 0.337 e. The third-order valence-corrected chi connectivity index (χ3v) is 7.43. The van der Waals surface area contributed by atoms with Crippen molar-refractivity contribution in [3.8, 4) is 0 Å². The van der Waals surface area contributed by atoms with Crippen molar-refractivity contribution in [1.82, 2.24) is 25.1 Å². The minimum Gasteiger partial charge on any atom is -0.337 e. The van der Waals surface area contributed by atoms with Gasteiger partial charge in [-0.05, 0) is 43.9 Å². The average molecular weight is 441 g/mol. The number of amides is 2. The number of aromatic nitrogens is 4. The summed E-state index contributed by atoms with van der Waals surface area (Å²) in [5, 5.41) is 10.7. The number of anilines is 3. The Labute approximate surface area is 190 Å². The normalized spacial score (nSPS) is 25.4. The van der Waals surface area contributed by atoms with Crippen LogP contribution < -0.4 is 10.2 Å². The Morgan fingerprint density at radius 2 is 1.82 bits per heavy atom. The summed E-state index contributed by atoms with van der Waals surface area (Å²) in [5.74, 6) is 2.38. The summed E-state index contributed by atoms with van der Waals surface area (Å²) in [7, 11) is 0. The smallest absolute Gasteiger partial charge is 0.261 e. The fraction of sp³-hybridized carbons (Fsp3) is 0.375. The fourth-order valence-corrected chi connectivity index (χ4v) is 5.60. The van der Waals surface area contributed by atoms with E-state index in [0.717, 1.165) is 25.2 Å². The first-order chi connectivity index (χ1) is 16.1. The maximum Gasteiger partial charge on any atom is 0.261 e. The molecule has 2 bridgehead atoms. The number of hydrogen-bond acceptors (Lipinski definition) is 7. The van der Waals surface area contributed by atoms with Gasteiger partial charge in [0.05, 0.1) is 11.1 Å². The first kappa shape index (κ1) is 18.8. The van der Waals surface area contributed by atoms with Crippen molar-refractivity contribution in [2.24, 2.45) is 5.41 Å². The molecular weight excluding hydrogens is 418 g/mol. The molecule has 2 saturated carbocycles. The Morgan fingerprint density at radius 1 is 1.06 bits per heavy atom. The summed E-state index contributed by atoms with van der Waals surface area (Å²) in [6.07, 6.45) is 6.07. The number of aromatic amines is 1. The van der Waals surface area contributed by atoms with E-state index >= 15 is 0 Å². The van der Waals surface area contributed by atoms with Crippen LogP contribution in [0, 0.1) is 5.41 Å². The van der Waals surface area contributed by atoms with E-state index in [1.165, 1.54) is 23.4 Å². The van der Waals surface area contributed by atoms with Gasteiger partial charge >= 0.3 is 0 Å². The molecule has 9 nitrogen and oxygen atoms in total. The number of nitrogens with zero attached hydrogens (tertiary/aromatic N) is 5. The summed E-state index contributed by atoms with van der Waals surface area (Å²) in [5.41, 5.74) is 2.10. The highest BCUT2D eigenvalue weighted by Gasteiger charge is 2.58. The van der Waals surface area contributed by atoms with Crippen molar-refractivity contribution in [1.29, 1.82) is 0 Å². The number of H-pyrrole nitrogens is 1. The second-order valence-electron chi connectivity index (χ2n) is 9.78. The van der Waals surface area contributed by atoms with Gasteiger partial charge in [0.15, 0.2) is 5.82 Å². The van der Waals surface area contributed by atoms with E-state index in [1.807, 2.05) is 12.1 Å². The van der Waals surface area contributed by atoms with Crippen LogP contribution in [0.1, 0.15) is 58.0 Å². The van der Waals surface area contributed by atoms with Crippen LogP contribution in [0.15, 0.2) is 42.6 Å². The number of fused-ring (bicyclic) bond motifs is 2. The highest BCUT2D eigenvalue weighted by Crippen LogP contribution is 2.53. The Balaban J connectivity index is 1.06. The van der Waals surface area contributed by atoms with Crippen LogP contribution in [-0.4, -0.2) is 56.0 Å². The lowest BCUT2D eigenvalue weighted by Gasteiger charge is -2.38. The SMILES string of the molecule is O=C1c2ccccc2C(=O)N1CC12CC(C1)N(c1nccc(Nc3cc(C4CC4)[nH]n3)n1)C2. The van der Waals surface area contributed by atoms with E-state index in [0.29, 0.717) is 41.4 Å². The summed E-state index contributed by atoms with van der Waals surface area (Å²) < 4.78 is 0. The monoisotopic (exact) mass is 441 g/mol. The second-order valence-corrected chi connectivity index (χ2v) is 9.78. The molecule has 2 N–H and O–H groups in total. The summed E-state index contributed by atoms with van der Waals surface area (Å²) in [6.45, 7) is 1.18. The first-order valence-corrected chi connectivity index (χ1v) is 11.5. The Kier molecular flexibility index (Phi) is 3.77. The molecule has 0 radical (unpaired) electrons. The number of benzene rings is 1. The highest BCUT2D eigenvalue weighted by molar-refractivity contribution is 6.21. The molecule has 0 unspecified atom stereocenters. The Bertz CT molecular complexity index is 1260. The first-order valence-electron chi connectivity index (χ1n) is 11.5. The van der Waals surface area contributed by atoms with Gasteiger partial charge in [-0.15, -0.1) is 0 Å². The molecule has 0 atom stereocenters. The number of nitrogens with one attached hydrogen (secondary N) is 2. The van der Waals surface area contributed by atoms with E-state index in [2.05, 4.69) is 25.4 Å². The maximum atomic E-state index is 12.8.